The largest absolute Gasteiger partial charge is 0.326 e. The van der Waals surface area contributed by atoms with E-state index in [0.29, 0.717) is 31.6 Å². The molecule has 0 atom stereocenters. The van der Waals surface area contributed by atoms with Crippen LogP contribution in [0.5, 0.6) is 0 Å². The van der Waals surface area contributed by atoms with Crippen molar-refractivity contribution in [2.75, 3.05) is 18.4 Å². The maximum Gasteiger partial charge on any atom is 0.236 e. The van der Waals surface area contributed by atoms with Gasteiger partial charge in [0.2, 0.25) is 15.9 Å². The van der Waals surface area contributed by atoms with E-state index in [4.69, 9.17) is 0 Å². The molecule has 1 N–H and O–H groups in total. The molecule has 9 heteroatoms. The molecule has 2 heterocycles. The summed E-state index contributed by atoms with van der Waals surface area (Å²) in [4.78, 5) is 12.8. The molecule has 1 aliphatic rings. The van der Waals surface area contributed by atoms with E-state index in [-0.39, 0.29) is 11.8 Å². The lowest BCUT2D eigenvalue weighted by Crippen LogP contribution is -2.40. The fraction of sp³-hybridized carbons (Fsp3) is 0.292. The number of amides is 1. The first-order valence-corrected chi connectivity index (χ1v) is 12.5. The third-order valence-corrected chi connectivity index (χ3v) is 7.33. The number of hydrogen-bond donors (Lipinski definition) is 1. The molecule has 33 heavy (non-hydrogen) atoms. The molecule has 0 spiro atoms. The number of hydrogen-bond acceptors (Lipinski definition) is 5. The van der Waals surface area contributed by atoms with Crippen molar-refractivity contribution in [1.82, 2.24) is 19.1 Å². The molecule has 0 aliphatic carbocycles. The second-order valence-corrected chi connectivity index (χ2v) is 9.76. The maximum atomic E-state index is 12.8. The Bertz CT molecular complexity index is 1230. The maximum absolute atomic E-state index is 12.8. The van der Waals surface area contributed by atoms with Gasteiger partial charge in [0, 0.05) is 42.2 Å². The molecule has 1 amide bonds. The quantitative estimate of drug-likeness (QED) is 0.575. The van der Waals surface area contributed by atoms with Crippen LogP contribution in [-0.2, 0) is 21.4 Å². The van der Waals surface area contributed by atoms with Gasteiger partial charge in [-0.3, -0.25) is 4.79 Å². The van der Waals surface area contributed by atoms with E-state index in [1.165, 1.54) is 9.71 Å². The summed E-state index contributed by atoms with van der Waals surface area (Å²) < 4.78 is 28.7. The van der Waals surface area contributed by atoms with Crippen LogP contribution in [0.4, 0.5) is 5.69 Å². The number of anilines is 1. The number of benzene rings is 2. The number of piperidine rings is 1. The molecule has 1 fully saturated rings. The fourth-order valence-electron chi connectivity index (χ4n) is 3.88. The Balaban J connectivity index is 1.35. The minimum Gasteiger partial charge on any atom is -0.326 e. The van der Waals surface area contributed by atoms with Crippen LogP contribution in [0, 0.1) is 5.92 Å². The first kappa shape index (κ1) is 22.9. The molecule has 1 saturated heterocycles. The van der Waals surface area contributed by atoms with Gasteiger partial charge in [0.15, 0.2) is 5.82 Å². The normalized spacial score (nSPS) is 15.7. The van der Waals surface area contributed by atoms with E-state index in [9.17, 15) is 13.2 Å². The number of aryl methyl sites for hydroxylation is 1. The average Bonchev–Trinajstić information content (AvgIpc) is 3.33. The van der Waals surface area contributed by atoms with Gasteiger partial charge in [-0.1, -0.05) is 42.5 Å². The van der Waals surface area contributed by atoms with Gasteiger partial charge in [-0.05, 0) is 43.5 Å². The highest BCUT2D eigenvalue weighted by atomic mass is 32.2. The molecule has 0 radical (unpaired) electrons. The molecular weight excluding hydrogens is 438 g/mol. The number of nitrogens with zero attached hydrogens (tertiary/aromatic N) is 4. The standard InChI is InChI=1S/C24H27N5O3S/c1-2-28-18-25-27-23(28)21-9-6-10-22(17-21)26-24(30)20-11-14-29(15-12-20)33(31,32)16-13-19-7-4-3-5-8-19/h3-10,13,16-18,20H,2,11-12,14-15H2,1H3,(H,26,30)/b16-13+. The van der Waals surface area contributed by atoms with Crippen molar-refractivity contribution in [2.24, 2.45) is 5.92 Å². The Kier molecular flexibility index (Phi) is 7.00. The summed E-state index contributed by atoms with van der Waals surface area (Å²) in [6, 6.07) is 16.8. The van der Waals surface area contributed by atoms with Crippen LogP contribution in [0.25, 0.3) is 17.5 Å². The first-order chi connectivity index (χ1) is 16.0. The monoisotopic (exact) mass is 465 g/mol. The Morgan fingerprint density at radius 2 is 1.88 bits per heavy atom. The molecule has 2 aromatic carbocycles. The Labute approximate surface area is 194 Å². The number of rotatable bonds is 7. The zero-order valence-electron chi connectivity index (χ0n) is 18.5. The number of sulfonamides is 1. The van der Waals surface area contributed by atoms with E-state index in [1.807, 2.05) is 66.1 Å². The summed E-state index contributed by atoms with van der Waals surface area (Å²) in [5.74, 6) is 0.411. The number of aromatic nitrogens is 3. The Hall–Kier alpha value is -3.30. The number of carbonyl (C=O) groups is 1. The highest BCUT2D eigenvalue weighted by Crippen LogP contribution is 2.24. The SMILES string of the molecule is CCn1cnnc1-c1cccc(NC(=O)C2CCN(S(=O)(=O)/C=C/c3ccccc3)CC2)c1. The van der Waals surface area contributed by atoms with Crippen LogP contribution >= 0.6 is 0 Å². The van der Waals surface area contributed by atoms with Gasteiger partial charge in [0.05, 0.1) is 0 Å². The minimum absolute atomic E-state index is 0.0963. The van der Waals surface area contributed by atoms with Crippen molar-refractivity contribution in [1.29, 1.82) is 0 Å². The lowest BCUT2D eigenvalue weighted by atomic mass is 9.97. The third kappa shape index (κ3) is 5.55. The fourth-order valence-corrected chi connectivity index (χ4v) is 5.10. The van der Waals surface area contributed by atoms with Crippen LogP contribution in [0.3, 0.4) is 0 Å². The summed E-state index contributed by atoms with van der Waals surface area (Å²) in [6.45, 7) is 3.40. The summed E-state index contributed by atoms with van der Waals surface area (Å²) >= 11 is 0. The summed E-state index contributed by atoms with van der Waals surface area (Å²) in [5, 5.41) is 12.3. The van der Waals surface area contributed by atoms with Crippen LogP contribution in [0.15, 0.2) is 66.3 Å². The van der Waals surface area contributed by atoms with E-state index < -0.39 is 10.0 Å². The van der Waals surface area contributed by atoms with E-state index in [2.05, 4.69) is 15.5 Å². The molecule has 1 aromatic heterocycles. The van der Waals surface area contributed by atoms with Gasteiger partial charge in [-0.25, -0.2) is 8.42 Å². The van der Waals surface area contributed by atoms with Crippen LogP contribution in [0.2, 0.25) is 0 Å². The Morgan fingerprint density at radius 1 is 1.12 bits per heavy atom. The lowest BCUT2D eigenvalue weighted by molar-refractivity contribution is -0.120. The first-order valence-electron chi connectivity index (χ1n) is 11.0. The van der Waals surface area contributed by atoms with Crippen molar-refractivity contribution >= 4 is 27.7 Å². The van der Waals surface area contributed by atoms with Crippen LogP contribution in [0.1, 0.15) is 25.3 Å². The van der Waals surface area contributed by atoms with Crippen molar-refractivity contribution in [3.63, 3.8) is 0 Å². The lowest BCUT2D eigenvalue weighted by Gasteiger charge is -2.29. The summed E-state index contributed by atoms with van der Waals surface area (Å²) in [5.41, 5.74) is 2.39. The van der Waals surface area contributed by atoms with Gasteiger partial charge in [-0.2, -0.15) is 4.31 Å². The van der Waals surface area contributed by atoms with Crippen LogP contribution < -0.4 is 5.32 Å². The second kappa shape index (κ2) is 10.1. The highest BCUT2D eigenvalue weighted by Gasteiger charge is 2.30. The predicted molar refractivity (Wildman–Crippen MR) is 128 cm³/mol. The molecule has 4 rings (SSSR count). The molecule has 0 unspecified atom stereocenters. The predicted octanol–water partition coefficient (Wildman–Crippen LogP) is 3.62. The van der Waals surface area contributed by atoms with E-state index in [1.54, 1.807) is 12.4 Å². The van der Waals surface area contributed by atoms with Crippen molar-refractivity contribution in [2.45, 2.75) is 26.3 Å². The smallest absolute Gasteiger partial charge is 0.236 e. The molecule has 8 nitrogen and oxygen atoms in total. The summed E-state index contributed by atoms with van der Waals surface area (Å²) in [7, 11) is -3.52. The average molecular weight is 466 g/mol. The van der Waals surface area contributed by atoms with Crippen molar-refractivity contribution in [3.8, 4) is 11.4 Å². The van der Waals surface area contributed by atoms with E-state index in [0.717, 1.165) is 23.5 Å². The third-order valence-electron chi connectivity index (χ3n) is 5.76. The molecule has 0 bridgehead atoms. The molecule has 172 valence electrons. The van der Waals surface area contributed by atoms with Gasteiger partial charge >= 0.3 is 0 Å². The highest BCUT2D eigenvalue weighted by molar-refractivity contribution is 7.92. The minimum atomic E-state index is -3.52. The topological polar surface area (TPSA) is 97.2 Å². The molecule has 3 aromatic rings. The molecule has 1 aliphatic heterocycles. The molecule has 0 saturated carbocycles. The number of carbonyl (C=O) groups excluding carboxylic acids is 1. The van der Waals surface area contributed by atoms with Crippen LogP contribution in [-0.4, -0.2) is 46.5 Å². The zero-order chi connectivity index (χ0) is 23.3. The van der Waals surface area contributed by atoms with Gasteiger partial charge in [-0.15, -0.1) is 10.2 Å². The van der Waals surface area contributed by atoms with Gasteiger partial charge < -0.3 is 9.88 Å². The van der Waals surface area contributed by atoms with Crippen molar-refractivity contribution < 1.29 is 13.2 Å². The van der Waals surface area contributed by atoms with Crippen molar-refractivity contribution in [3.05, 3.63) is 71.9 Å². The summed E-state index contributed by atoms with van der Waals surface area (Å²) in [6.07, 6.45) is 4.24. The molecular formula is C24H27N5O3S. The van der Waals surface area contributed by atoms with E-state index >= 15 is 0 Å². The van der Waals surface area contributed by atoms with Gasteiger partial charge in [0.1, 0.15) is 6.33 Å². The Morgan fingerprint density at radius 3 is 2.61 bits per heavy atom. The number of nitrogens with one attached hydrogen (secondary N) is 1. The zero-order valence-corrected chi connectivity index (χ0v) is 19.3. The second-order valence-electron chi connectivity index (χ2n) is 7.94. The van der Waals surface area contributed by atoms with Gasteiger partial charge in [0.25, 0.3) is 0 Å².